The van der Waals surface area contributed by atoms with Crippen molar-refractivity contribution in [1.82, 2.24) is 0 Å². The van der Waals surface area contributed by atoms with Crippen LogP contribution in [0.2, 0.25) is 0 Å². The highest BCUT2D eigenvalue weighted by atomic mass is 16.6. The first-order valence-electron chi connectivity index (χ1n) is 5.06. The number of hydrogen-bond acceptors (Lipinski definition) is 3. The Labute approximate surface area is 90.7 Å². The van der Waals surface area contributed by atoms with Gasteiger partial charge in [0.1, 0.15) is 6.61 Å². The Morgan fingerprint density at radius 1 is 1.40 bits per heavy atom. The molecule has 0 radical (unpaired) electrons. The minimum Gasteiger partial charge on any atom is -0.396 e. The lowest BCUT2D eigenvalue weighted by Crippen LogP contribution is -2.00. The Morgan fingerprint density at radius 2 is 2.13 bits per heavy atom. The summed E-state index contributed by atoms with van der Waals surface area (Å²) in [5.41, 5.74) is 2.14. The molecule has 0 heterocycles. The van der Waals surface area contributed by atoms with Crippen LogP contribution in [-0.2, 0) is 9.57 Å². The van der Waals surface area contributed by atoms with Gasteiger partial charge in [0, 0.05) is 12.7 Å². The fourth-order valence-corrected chi connectivity index (χ4v) is 1.29. The minimum absolute atomic E-state index is 0.0641. The zero-order chi connectivity index (χ0) is 11.1. The van der Waals surface area contributed by atoms with Gasteiger partial charge >= 0.3 is 0 Å². The second-order valence-electron chi connectivity index (χ2n) is 3.16. The van der Waals surface area contributed by atoms with Gasteiger partial charge < -0.3 is 9.57 Å². The smallest absolute Gasteiger partial charge is 0.114 e. The van der Waals surface area contributed by atoms with E-state index in [0.29, 0.717) is 6.61 Å². The quantitative estimate of drug-likeness (QED) is 0.549. The maximum Gasteiger partial charge on any atom is 0.114 e. The molecule has 0 aliphatic heterocycles. The molecule has 1 unspecified atom stereocenters. The summed E-state index contributed by atoms with van der Waals surface area (Å²) in [4.78, 5) is 4.93. The summed E-state index contributed by atoms with van der Waals surface area (Å²) >= 11 is 0. The number of ether oxygens (including phenoxy) is 1. The lowest BCUT2D eigenvalue weighted by Gasteiger charge is -2.12. The molecule has 0 saturated heterocycles. The molecule has 0 bridgehead atoms. The van der Waals surface area contributed by atoms with E-state index < -0.39 is 0 Å². The topological polar surface area (TPSA) is 30.8 Å². The molecule has 0 aliphatic rings. The van der Waals surface area contributed by atoms with Crippen molar-refractivity contribution in [2.24, 2.45) is 5.16 Å². The van der Waals surface area contributed by atoms with E-state index in [9.17, 15) is 0 Å². The second-order valence-corrected chi connectivity index (χ2v) is 3.16. The Hall–Kier alpha value is -1.35. The van der Waals surface area contributed by atoms with E-state index >= 15 is 0 Å². The van der Waals surface area contributed by atoms with Crippen molar-refractivity contribution < 1.29 is 9.57 Å². The van der Waals surface area contributed by atoms with Crippen LogP contribution in [0.25, 0.3) is 0 Å². The Bertz CT molecular complexity index is 323. The molecule has 0 aromatic heterocycles. The van der Waals surface area contributed by atoms with Crippen LogP contribution < -0.4 is 0 Å². The third-order valence-corrected chi connectivity index (χ3v) is 2.18. The van der Waals surface area contributed by atoms with Gasteiger partial charge in [-0.25, -0.2) is 0 Å². The summed E-state index contributed by atoms with van der Waals surface area (Å²) < 4.78 is 5.28. The molecule has 1 atom stereocenters. The molecule has 0 fully saturated rings. The predicted molar refractivity (Wildman–Crippen MR) is 61.1 cm³/mol. The van der Waals surface area contributed by atoms with E-state index in [-0.39, 0.29) is 6.10 Å². The standard InChI is InChI=1S/C12H17NO2/c1-4-15-13-9-11-7-5-6-8-12(11)10(2)14-3/h5-10H,4H2,1-3H3/b13-9+. The fraction of sp³-hybridized carbons (Fsp3) is 0.417. The van der Waals surface area contributed by atoms with E-state index in [4.69, 9.17) is 9.57 Å². The van der Waals surface area contributed by atoms with Gasteiger partial charge in [-0.1, -0.05) is 29.4 Å². The molecule has 1 aromatic rings. The number of nitrogens with zero attached hydrogens (tertiary/aromatic N) is 1. The van der Waals surface area contributed by atoms with E-state index in [2.05, 4.69) is 5.16 Å². The molecule has 1 aromatic carbocycles. The van der Waals surface area contributed by atoms with Gasteiger partial charge in [-0.05, 0) is 19.4 Å². The Kier molecular flexibility index (Phi) is 4.84. The first-order chi connectivity index (χ1) is 7.29. The van der Waals surface area contributed by atoms with Crippen molar-refractivity contribution in [1.29, 1.82) is 0 Å². The summed E-state index contributed by atoms with van der Waals surface area (Å²) in [6.45, 7) is 4.49. The highest BCUT2D eigenvalue weighted by molar-refractivity contribution is 5.81. The van der Waals surface area contributed by atoms with E-state index in [1.807, 2.05) is 38.1 Å². The molecule has 3 nitrogen and oxygen atoms in total. The van der Waals surface area contributed by atoms with Crippen molar-refractivity contribution in [2.45, 2.75) is 20.0 Å². The van der Waals surface area contributed by atoms with Crippen LogP contribution in [0.5, 0.6) is 0 Å². The Morgan fingerprint density at radius 3 is 2.80 bits per heavy atom. The van der Waals surface area contributed by atoms with E-state index in [1.165, 1.54) is 0 Å². The molecule has 82 valence electrons. The van der Waals surface area contributed by atoms with Gasteiger partial charge in [-0.3, -0.25) is 0 Å². The highest BCUT2D eigenvalue weighted by Gasteiger charge is 2.07. The monoisotopic (exact) mass is 207 g/mol. The second kappa shape index (κ2) is 6.19. The van der Waals surface area contributed by atoms with Crippen LogP contribution in [0.15, 0.2) is 29.4 Å². The van der Waals surface area contributed by atoms with E-state index in [1.54, 1.807) is 13.3 Å². The normalized spacial score (nSPS) is 13.0. The van der Waals surface area contributed by atoms with Crippen LogP contribution >= 0.6 is 0 Å². The summed E-state index contributed by atoms with van der Waals surface area (Å²) in [5, 5.41) is 3.86. The van der Waals surface area contributed by atoms with Gasteiger partial charge in [-0.2, -0.15) is 0 Å². The number of oxime groups is 1. The van der Waals surface area contributed by atoms with Crippen LogP contribution in [0.3, 0.4) is 0 Å². The van der Waals surface area contributed by atoms with Crippen LogP contribution in [-0.4, -0.2) is 19.9 Å². The predicted octanol–water partition coefficient (Wildman–Crippen LogP) is 2.76. The maximum atomic E-state index is 5.28. The van der Waals surface area contributed by atoms with Gasteiger partial charge in [0.25, 0.3) is 0 Å². The SMILES string of the molecule is CCO/N=C/c1ccccc1C(C)OC. The third kappa shape index (κ3) is 3.36. The molecule has 0 saturated carbocycles. The van der Waals surface area contributed by atoms with Crippen LogP contribution in [0.4, 0.5) is 0 Å². The van der Waals surface area contributed by atoms with Crippen molar-refractivity contribution >= 4 is 6.21 Å². The van der Waals surface area contributed by atoms with Crippen molar-refractivity contribution in [2.75, 3.05) is 13.7 Å². The summed E-state index contributed by atoms with van der Waals surface area (Å²) in [7, 11) is 1.70. The molecule has 0 spiro atoms. The van der Waals surface area contributed by atoms with Crippen molar-refractivity contribution in [3.05, 3.63) is 35.4 Å². The molecule has 15 heavy (non-hydrogen) atoms. The zero-order valence-corrected chi connectivity index (χ0v) is 9.43. The zero-order valence-electron chi connectivity index (χ0n) is 9.43. The molecule has 0 amide bonds. The van der Waals surface area contributed by atoms with Gasteiger partial charge in [0.15, 0.2) is 0 Å². The molecule has 3 heteroatoms. The Balaban J connectivity index is 2.86. The first-order valence-corrected chi connectivity index (χ1v) is 5.06. The van der Waals surface area contributed by atoms with E-state index in [0.717, 1.165) is 11.1 Å². The third-order valence-electron chi connectivity index (χ3n) is 2.18. The molecule has 1 rings (SSSR count). The van der Waals surface area contributed by atoms with Gasteiger partial charge in [0.2, 0.25) is 0 Å². The number of hydrogen-bond donors (Lipinski definition) is 0. The molecule has 0 N–H and O–H groups in total. The van der Waals surface area contributed by atoms with Crippen LogP contribution in [0.1, 0.15) is 31.1 Å². The fourth-order valence-electron chi connectivity index (χ4n) is 1.29. The minimum atomic E-state index is 0.0641. The average molecular weight is 207 g/mol. The lowest BCUT2D eigenvalue weighted by molar-refractivity contribution is 0.119. The molecule has 0 aliphatic carbocycles. The first kappa shape index (κ1) is 11.7. The number of rotatable bonds is 5. The van der Waals surface area contributed by atoms with Crippen molar-refractivity contribution in [3.8, 4) is 0 Å². The van der Waals surface area contributed by atoms with Gasteiger partial charge in [-0.15, -0.1) is 0 Å². The highest BCUT2D eigenvalue weighted by Crippen LogP contribution is 2.18. The molecular weight excluding hydrogens is 190 g/mol. The maximum absolute atomic E-state index is 5.28. The van der Waals surface area contributed by atoms with Crippen molar-refractivity contribution in [3.63, 3.8) is 0 Å². The lowest BCUT2D eigenvalue weighted by atomic mass is 10.0. The average Bonchev–Trinajstić information content (AvgIpc) is 2.29. The summed E-state index contributed by atoms with van der Waals surface area (Å²) in [6.07, 6.45) is 1.78. The number of benzene rings is 1. The number of methoxy groups -OCH3 is 1. The van der Waals surface area contributed by atoms with Gasteiger partial charge in [0.05, 0.1) is 12.3 Å². The van der Waals surface area contributed by atoms with Crippen LogP contribution in [0, 0.1) is 0 Å². The largest absolute Gasteiger partial charge is 0.396 e. The molecular formula is C12H17NO2. The summed E-state index contributed by atoms with van der Waals surface area (Å²) in [6, 6.07) is 7.98. The summed E-state index contributed by atoms with van der Waals surface area (Å²) in [5.74, 6) is 0.